The summed E-state index contributed by atoms with van der Waals surface area (Å²) in [6, 6.07) is 16.2. The molecule has 2 aromatic heterocycles. The SMILES string of the molecule is COc1ccc2oc(C(=O)OCc3c(Cl)nc(Cl)n3-c3ccccc3)cc2c1. The Morgan fingerprint density at radius 3 is 2.68 bits per heavy atom. The van der Waals surface area contributed by atoms with Gasteiger partial charge in [0.25, 0.3) is 0 Å². The number of rotatable bonds is 5. The Bertz CT molecular complexity index is 1150. The number of methoxy groups -OCH3 is 1. The fourth-order valence-corrected chi connectivity index (χ4v) is 3.36. The molecule has 0 aliphatic rings. The second-order valence-electron chi connectivity index (χ2n) is 5.88. The Labute approximate surface area is 170 Å². The van der Waals surface area contributed by atoms with E-state index in [0.717, 1.165) is 11.1 Å². The van der Waals surface area contributed by atoms with Crippen LogP contribution in [0.3, 0.4) is 0 Å². The summed E-state index contributed by atoms with van der Waals surface area (Å²) in [5.74, 6) is 0.126. The predicted molar refractivity (Wildman–Crippen MR) is 105 cm³/mol. The van der Waals surface area contributed by atoms with Crippen LogP contribution in [0.25, 0.3) is 16.7 Å². The van der Waals surface area contributed by atoms with Gasteiger partial charge in [0.15, 0.2) is 5.15 Å². The topological polar surface area (TPSA) is 66.5 Å². The number of halogens is 2. The van der Waals surface area contributed by atoms with Gasteiger partial charge in [-0.1, -0.05) is 29.8 Å². The predicted octanol–water partition coefficient (Wildman–Crippen LogP) is 5.29. The first kappa shape index (κ1) is 18.4. The molecule has 4 aromatic rings. The maximum Gasteiger partial charge on any atom is 0.374 e. The standard InChI is InChI=1S/C20H14Cl2N2O4/c1-26-14-7-8-16-12(9-14)10-17(28-16)19(25)27-11-15-18(21)23-20(22)24(15)13-5-3-2-4-6-13/h2-10H,11H2,1H3. The number of hydrogen-bond acceptors (Lipinski definition) is 5. The number of benzene rings is 2. The number of hydrogen-bond donors (Lipinski definition) is 0. The Hall–Kier alpha value is -2.96. The minimum atomic E-state index is -0.622. The van der Waals surface area contributed by atoms with E-state index in [9.17, 15) is 4.79 Å². The lowest BCUT2D eigenvalue weighted by Crippen LogP contribution is -2.08. The van der Waals surface area contributed by atoms with Crippen molar-refractivity contribution in [2.45, 2.75) is 6.61 Å². The van der Waals surface area contributed by atoms with Crippen LogP contribution < -0.4 is 4.74 Å². The Kier molecular flexibility index (Phi) is 4.98. The molecular formula is C20H14Cl2N2O4. The summed E-state index contributed by atoms with van der Waals surface area (Å²) >= 11 is 12.4. The van der Waals surface area contributed by atoms with Crippen molar-refractivity contribution in [1.82, 2.24) is 9.55 Å². The van der Waals surface area contributed by atoms with Gasteiger partial charge < -0.3 is 13.9 Å². The van der Waals surface area contributed by atoms with E-state index in [4.69, 9.17) is 37.1 Å². The van der Waals surface area contributed by atoms with Crippen molar-refractivity contribution in [2.75, 3.05) is 7.11 Å². The molecule has 6 nitrogen and oxygen atoms in total. The summed E-state index contributed by atoms with van der Waals surface area (Å²) in [4.78, 5) is 16.5. The number of aromatic nitrogens is 2. The van der Waals surface area contributed by atoms with Gasteiger partial charge in [-0.15, -0.1) is 0 Å². The monoisotopic (exact) mass is 416 g/mol. The highest BCUT2D eigenvalue weighted by molar-refractivity contribution is 6.33. The average Bonchev–Trinajstić information content (AvgIpc) is 3.26. The molecule has 0 aliphatic carbocycles. The first-order valence-corrected chi connectivity index (χ1v) is 9.05. The smallest absolute Gasteiger partial charge is 0.374 e. The summed E-state index contributed by atoms with van der Waals surface area (Å²) in [5, 5.41) is 1.08. The van der Waals surface area contributed by atoms with Gasteiger partial charge in [-0.25, -0.2) is 9.78 Å². The third kappa shape index (κ3) is 3.44. The van der Waals surface area contributed by atoms with Crippen molar-refractivity contribution in [3.8, 4) is 11.4 Å². The number of furan rings is 1. The summed E-state index contributed by atoms with van der Waals surface area (Å²) in [5.41, 5.74) is 1.78. The highest BCUT2D eigenvalue weighted by atomic mass is 35.5. The largest absolute Gasteiger partial charge is 0.497 e. The van der Waals surface area contributed by atoms with Crippen molar-refractivity contribution in [3.05, 3.63) is 76.5 Å². The van der Waals surface area contributed by atoms with Gasteiger partial charge in [0.1, 0.15) is 23.6 Å². The zero-order chi connectivity index (χ0) is 19.7. The molecule has 0 saturated heterocycles. The molecule has 0 saturated carbocycles. The molecule has 2 heterocycles. The van der Waals surface area contributed by atoms with Gasteiger partial charge in [0.05, 0.1) is 7.11 Å². The number of fused-ring (bicyclic) bond motifs is 1. The molecule has 142 valence electrons. The van der Waals surface area contributed by atoms with Crippen molar-refractivity contribution >= 4 is 40.1 Å². The lowest BCUT2D eigenvalue weighted by molar-refractivity contribution is 0.0432. The number of nitrogens with zero attached hydrogens (tertiary/aromatic N) is 2. The van der Waals surface area contributed by atoms with Gasteiger partial charge in [0.2, 0.25) is 11.0 Å². The molecule has 0 unspecified atom stereocenters. The molecule has 8 heteroatoms. The molecule has 0 aliphatic heterocycles. The normalized spacial score (nSPS) is 11.0. The molecule has 0 spiro atoms. The zero-order valence-corrected chi connectivity index (χ0v) is 16.2. The van der Waals surface area contributed by atoms with Crippen LogP contribution in [0.1, 0.15) is 16.2 Å². The van der Waals surface area contributed by atoms with Crippen LogP contribution in [0.2, 0.25) is 10.4 Å². The first-order chi connectivity index (χ1) is 13.6. The van der Waals surface area contributed by atoms with Gasteiger partial charge in [-0.3, -0.25) is 4.57 Å². The fourth-order valence-electron chi connectivity index (χ4n) is 2.82. The van der Waals surface area contributed by atoms with Gasteiger partial charge >= 0.3 is 5.97 Å². The van der Waals surface area contributed by atoms with Gasteiger partial charge in [0, 0.05) is 11.1 Å². The Morgan fingerprint density at radius 1 is 1.14 bits per heavy atom. The van der Waals surface area contributed by atoms with E-state index in [2.05, 4.69) is 4.98 Å². The number of esters is 1. The van der Waals surface area contributed by atoms with Crippen molar-refractivity contribution in [3.63, 3.8) is 0 Å². The van der Waals surface area contributed by atoms with E-state index in [1.165, 1.54) is 0 Å². The number of imidazole rings is 1. The van der Waals surface area contributed by atoms with E-state index in [1.54, 1.807) is 35.9 Å². The third-order valence-corrected chi connectivity index (χ3v) is 4.72. The van der Waals surface area contributed by atoms with Crippen LogP contribution in [0.15, 0.2) is 59.0 Å². The minimum absolute atomic E-state index is 0.0799. The van der Waals surface area contributed by atoms with Crippen LogP contribution in [-0.4, -0.2) is 22.6 Å². The van der Waals surface area contributed by atoms with Crippen molar-refractivity contribution < 1.29 is 18.7 Å². The van der Waals surface area contributed by atoms with Crippen molar-refractivity contribution in [2.24, 2.45) is 0 Å². The van der Waals surface area contributed by atoms with Crippen molar-refractivity contribution in [1.29, 1.82) is 0 Å². The number of ether oxygens (including phenoxy) is 2. The van der Waals surface area contributed by atoms with E-state index in [0.29, 0.717) is 17.0 Å². The lowest BCUT2D eigenvalue weighted by atomic mass is 10.2. The molecule has 0 bridgehead atoms. The molecular weight excluding hydrogens is 403 g/mol. The molecule has 0 atom stereocenters. The van der Waals surface area contributed by atoms with E-state index in [1.807, 2.05) is 30.3 Å². The van der Waals surface area contributed by atoms with Gasteiger partial charge in [-0.05, 0) is 48.0 Å². The molecule has 2 aromatic carbocycles. The van der Waals surface area contributed by atoms with Crippen LogP contribution in [0.4, 0.5) is 0 Å². The average molecular weight is 417 g/mol. The summed E-state index contributed by atoms with van der Waals surface area (Å²) in [6.07, 6.45) is 0. The molecule has 0 N–H and O–H groups in total. The maximum atomic E-state index is 12.5. The lowest BCUT2D eigenvalue weighted by Gasteiger charge is -2.09. The highest BCUT2D eigenvalue weighted by Gasteiger charge is 2.20. The number of para-hydroxylation sites is 1. The summed E-state index contributed by atoms with van der Waals surface area (Å²) < 4.78 is 17.7. The molecule has 0 amide bonds. The molecule has 0 fully saturated rings. The number of carbonyl (C=O) groups excluding carboxylic acids is 1. The minimum Gasteiger partial charge on any atom is -0.497 e. The second-order valence-corrected chi connectivity index (χ2v) is 6.58. The highest BCUT2D eigenvalue weighted by Crippen LogP contribution is 2.27. The molecule has 28 heavy (non-hydrogen) atoms. The van der Waals surface area contributed by atoms with Gasteiger partial charge in [-0.2, -0.15) is 0 Å². The van der Waals surface area contributed by atoms with E-state index < -0.39 is 5.97 Å². The second kappa shape index (κ2) is 7.58. The van der Waals surface area contributed by atoms with Crippen LogP contribution in [0, 0.1) is 0 Å². The van der Waals surface area contributed by atoms with E-state index in [-0.39, 0.29) is 22.8 Å². The summed E-state index contributed by atoms with van der Waals surface area (Å²) in [6.45, 7) is -0.118. The number of carbonyl (C=O) groups is 1. The zero-order valence-electron chi connectivity index (χ0n) is 14.7. The molecule has 4 rings (SSSR count). The summed E-state index contributed by atoms with van der Waals surface area (Å²) in [7, 11) is 1.57. The fraction of sp³-hybridized carbons (Fsp3) is 0.100. The quantitative estimate of drug-likeness (QED) is 0.413. The Balaban J connectivity index is 1.57. The third-order valence-electron chi connectivity index (χ3n) is 4.16. The molecule has 0 radical (unpaired) electrons. The van der Waals surface area contributed by atoms with Crippen LogP contribution in [-0.2, 0) is 11.3 Å². The maximum absolute atomic E-state index is 12.5. The van der Waals surface area contributed by atoms with Crippen LogP contribution in [0.5, 0.6) is 5.75 Å². The Morgan fingerprint density at radius 2 is 1.93 bits per heavy atom. The van der Waals surface area contributed by atoms with Crippen LogP contribution >= 0.6 is 23.2 Å². The van der Waals surface area contributed by atoms with E-state index >= 15 is 0 Å². The first-order valence-electron chi connectivity index (χ1n) is 8.29.